The number of amides is 1. The number of methoxy groups -OCH3 is 1. The molecule has 0 spiro atoms. The zero-order valence-electron chi connectivity index (χ0n) is 21.7. The Morgan fingerprint density at radius 3 is 2.38 bits per heavy atom. The first-order valence-electron chi connectivity index (χ1n) is 12.4. The van der Waals surface area contributed by atoms with E-state index < -0.39 is 17.8 Å². The summed E-state index contributed by atoms with van der Waals surface area (Å²) in [4.78, 5) is 21.8. The molecule has 0 saturated carbocycles. The van der Waals surface area contributed by atoms with E-state index in [9.17, 15) is 23.1 Å². The summed E-state index contributed by atoms with van der Waals surface area (Å²) >= 11 is 1.58. The van der Waals surface area contributed by atoms with Crippen molar-refractivity contribution < 1.29 is 27.8 Å². The molecule has 206 valence electrons. The average Bonchev–Trinajstić information content (AvgIpc) is 3.54. The van der Waals surface area contributed by atoms with Gasteiger partial charge in [-0.1, -0.05) is 0 Å². The molecule has 0 bridgehead atoms. The first-order chi connectivity index (χ1) is 18.6. The highest BCUT2D eigenvalue weighted by Crippen LogP contribution is 2.37. The molecule has 1 amide bonds. The maximum absolute atomic E-state index is 14.2. The van der Waals surface area contributed by atoms with Crippen LogP contribution in [0.3, 0.4) is 0 Å². The van der Waals surface area contributed by atoms with Crippen LogP contribution >= 0.6 is 11.3 Å². The molecule has 5 rings (SSSR count). The van der Waals surface area contributed by atoms with Crippen molar-refractivity contribution in [1.82, 2.24) is 24.4 Å². The van der Waals surface area contributed by atoms with Gasteiger partial charge in [-0.2, -0.15) is 29.6 Å². The summed E-state index contributed by atoms with van der Waals surface area (Å²) < 4.78 is 48.6. The quantitative estimate of drug-likeness (QED) is 0.372. The predicted molar refractivity (Wildman–Crippen MR) is 141 cm³/mol. The van der Waals surface area contributed by atoms with Crippen molar-refractivity contribution in [3.8, 4) is 17.0 Å². The molecule has 0 aliphatic carbocycles. The van der Waals surface area contributed by atoms with Crippen molar-refractivity contribution in [1.29, 1.82) is 0 Å². The molecule has 4 heterocycles. The molecule has 8 nitrogen and oxygen atoms in total. The summed E-state index contributed by atoms with van der Waals surface area (Å²) in [6.07, 6.45) is -3.56. The second-order valence-corrected chi connectivity index (χ2v) is 10.2. The second kappa shape index (κ2) is 10.6. The van der Waals surface area contributed by atoms with Gasteiger partial charge in [-0.05, 0) is 60.0 Å². The van der Waals surface area contributed by atoms with Gasteiger partial charge >= 0.3 is 6.18 Å². The number of nitrogens with zero attached hydrogens (tertiary/aromatic N) is 5. The number of ether oxygens (including phenoxy) is 1. The Kier molecular flexibility index (Phi) is 7.36. The molecule has 0 radical (unpaired) electrons. The smallest absolute Gasteiger partial charge is 0.433 e. The largest absolute Gasteiger partial charge is 0.497 e. The zero-order valence-corrected chi connectivity index (χ0v) is 22.5. The molecule has 1 aliphatic rings. The lowest BCUT2D eigenvalue weighted by atomic mass is 10.0. The van der Waals surface area contributed by atoms with Crippen LogP contribution in [-0.2, 0) is 6.18 Å². The van der Waals surface area contributed by atoms with E-state index in [1.807, 2.05) is 17.7 Å². The van der Waals surface area contributed by atoms with Gasteiger partial charge in [0, 0.05) is 37.3 Å². The van der Waals surface area contributed by atoms with Gasteiger partial charge in [-0.3, -0.25) is 9.69 Å². The Labute approximate surface area is 227 Å². The van der Waals surface area contributed by atoms with Crippen molar-refractivity contribution in [2.24, 2.45) is 0 Å². The topological polar surface area (TPSA) is 83.2 Å². The number of rotatable bonds is 6. The van der Waals surface area contributed by atoms with Gasteiger partial charge in [-0.15, -0.1) is 0 Å². The van der Waals surface area contributed by atoms with Crippen molar-refractivity contribution in [3.05, 3.63) is 69.2 Å². The molecular weight excluding hydrogens is 531 g/mol. The van der Waals surface area contributed by atoms with E-state index in [0.717, 1.165) is 17.3 Å². The summed E-state index contributed by atoms with van der Waals surface area (Å²) in [5, 5.41) is 18.1. The molecule has 1 aromatic carbocycles. The third-order valence-corrected chi connectivity index (χ3v) is 8.10. The molecule has 39 heavy (non-hydrogen) atoms. The van der Waals surface area contributed by atoms with Gasteiger partial charge in [0.15, 0.2) is 11.3 Å². The fraction of sp³-hybridized carbons (Fsp3) is 0.370. The fourth-order valence-corrected chi connectivity index (χ4v) is 6.01. The number of aryl methyl sites for hydroxylation is 1. The van der Waals surface area contributed by atoms with Crippen LogP contribution in [0.1, 0.15) is 38.8 Å². The number of thiophene rings is 1. The number of hydrogen-bond donors (Lipinski definition) is 1. The Hall–Kier alpha value is -3.48. The number of hydrogen-bond acceptors (Lipinski definition) is 7. The molecular formula is C27H28F3N5O3S. The summed E-state index contributed by atoms with van der Waals surface area (Å²) in [5.74, 6) is 0.132. The minimum Gasteiger partial charge on any atom is -0.497 e. The second-order valence-electron chi connectivity index (χ2n) is 9.49. The van der Waals surface area contributed by atoms with Crippen molar-refractivity contribution >= 4 is 22.9 Å². The molecule has 1 fully saturated rings. The Morgan fingerprint density at radius 1 is 1.13 bits per heavy atom. The lowest BCUT2D eigenvalue weighted by molar-refractivity contribution is -0.143. The zero-order chi connectivity index (χ0) is 27.9. The highest BCUT2D eigenvalue weighted by Gasteiger charge is 2.39. The van der Waals surface area contributed by atoms with Gasteiger partial charge in [-0.25, -0.2) is 9.50 Å². The van der Waals surface area contributed by atoms with Crippen LogP contribution < -0.4 is 4.74 Å². The van der Waals surface area contributed by atoms with E-state index in [0.29, 0.717) is 42.0 Å². The number of alkyl halides is 3. The lowest BCUT2D eigenvalue weighted by Gasteiger charge is -2.38. The number of fused-ring (bicyclic) bond motifs is 1. The van der Waals surface area contributed by atoms with E-state index in [2.05, 4.69) is 15.0 Å². The maximum atomic E-state index is 14.2. The predicted octanol–water partition coefficient (Wildman–Crippen LogP) is 4.59. The van der Waals surface area contributed by atoms with Crippen LogP contribution in [0.2, 0.25) is 0 Å². The highest BCUT2D eigenvalue weighted by atomic mass is 32.1. The summed E-state index contributed by atoms with van der Waals surface area (Å²) in [5.41, 5.74) is 1.56. The average molecular weight is 560 g/mol. The van der Waals surface area contributed by atoms with Crippen LogP contribution in [0.5, 0.6) is 5.75 Å². The maximum Gasteiger partial charge on any atom is 0.433 e. The Balaban J connectivity index is 1.47. The minimum atomic E-state index is -4.72. The van der Waals surface area contributed by atoms with Gasteiger partial charge in [0.1, 0.15) is 11.3 Å². The van der Waals surface area contributed by atoms with Gasteiger partial charge in [0.25, 0.3) is 5.91 Å². The number of piperazine rings is 1. The monoisotopic (exact) mass is 559 g/mol. The van der Waals surface area contributed by atoms with E-state index in [4.69, 9.17) is 4.74 Å². The Morgan fingerprint density at radius 2 is 1.82 bits per heavy atom. The van der Waals surface area contributed by atoms with Gasteiger partial charge in [0.05, 0.1) is 31.6 Å². The summed E-state index contributed by atoms with van der Waals surface area (Å²) in [6.45, 7) is 5.06. The molecule has 1 atom stereocenters. The van der Waals surface area contributed by atoms with Crippen LogP contribution in [0.15, 0.2) is 41.2 Å². The fourth-order valence-electron chi connectivity index (χ4n) is 5.12. The molecule has 1 saturated heterocycles. The number of halogens is 3. The molecule has 0 unspecified atom stereocenters. The molecule has 4 aromatic rings. The summed E-state index contributed by atoms with van der Waals surface area (Å²) in [7, 11) is 1.50. The number of carbonyl (C=O) groups is 1. The first kappa shape index (κ1) is 27.1. The van der Waals surface area contributed by atoms with Gasteiger partial charge in [0.2, 0.25) is 0 Å². The third kappa shape index (κ3) is 4.99. The van der Waals surface area contributed by atoms with Gasteiger partial charge < -0.3 is 14.7 Å². The van der Waals surface area contributed by atoms with Crippen molar-refractivity contribution in [2.75, 3.05) is 39.9 Å². The van der Waals surface area contributed by atoms with Crippen molar-refractivity contribution in [2.45, 2.75) is 26.1 Å². The third-order valence-electron chi connectivity index (χ3n) is 7.22. The SMILES string of the molecule is COc1ccc(-c2nc3c(C(=O)N4CCN([C@H](CO)c5cscc5C)CC4)cnn3c(C(F)(F)F)c2C)cc1. The lowest BCUT2D eigenvalue weighted by Crippen LogP contribution is -2.50. The normalized spacial score (nSPS) is 15.6. The highest BCUT2D eigenvalue weighted by molar-refractivity contribution is 7.08. The number of carbonyl (C=O) groups excluding carboxylic acids is 1. The first-order valence-corrected chi connectivity index (χ1v) is 13.3. The minimum absolute atomic E-state index is 0.0103. The number of benzene rings is 1. The van der Waals surface area contributed by atoms with Crippen molar-refractivity contribution in [3.63, 3.8) is 0 Å². The van der Waals surface area contributed by atoms with Crippen LogP contribution in [-0.4, -0.2) is 75.3 Å². The van der Waals surface area contributed by atoms with Crippen LogP contribution in [0.25, 0.3) is 16.9 Å². The number of aliphatic hydroxyl groups is 1. The van der Waals surface area contributed by atoms with E-state index in [1.54, 1.807) is 40.5 Å². The molecule has 1 aliphatic heterocycles. The van der Waals surface area contributed by atoms with E-state index >= 15 is 0 Å². The Bertz CT molecular complexity index is 1490. The molecule has 1 N–H and O–H groups in total. The van der Waals surface area contributed by atoms with Crippen LogP contribution in [0, 0.1) is 13.8 Å². The molecule has 12 heteroatoms. The standard InChI is InChI=1S/C27H28F3N5O3S/c1-16-14-39-15-21(16)22(13-36)33-8-10-34(11-9-33)26(37)20-12-31-35-24(27(28,29)30)17(2)23(32-25(20)35)18-4-6-19(38-3)7-5-18/h4-7,12,14-15,22,36H,8-11,13H2,1-3H3/t22-/m1/s1. The van der Waals surface area contributed by atoms with E-state index in [1.165, 1.54) is 14.0 Å². The summed E-state index contributed by atoms with van der Waals surface area (Å²) in [6, 6.07) is 6.39. The van der Waals surface area contributed by atoms with Crippen LogP contribution in [0.4, 0.5) is 13.2 Å². The number of aliphatic hydroxyl groups excluding tert-OH is 1. The number of aromatic nitrogens is 3. The molecule has 3 aromatic heterocycles. The van der Waals surface area contributed by atoms with E-state index in [-0.39, 0.29) is 35.1 Å².